The number of rotatable bonds is 10. The van der Waals surface area contributed by atoms with E-state index in [4.69, 9.17) is 14.2 Å². The average Bonchev–Trinajstić information content (AvgIpc) is 2.78. The number of carboxylic acid groups (broad SMARTS) is 1. The summed E-state index contributed by atoms with van der Waals surface area (Å²) in [6.45, 7) is 3.77. The Kier molecular flexibility index (Phi) is 8.81. The van der Waals surface area contributed by atoms with Gasteiger partial charge in [0, 0.05) is 12.3 Å². The maximum Gasteiger partial charge on any atom is 0.336 e. The summed E-state index contributed by atoms with van der Waals surface area (Å²) in [5.74, 6) is -0.295. The monoisotopic (exact) mass is 425 g/mol. The maximum absolute atomic E-state index is 12.2. The Morgan fingerprint density at radius 1 is 1.03 bits per heavy atom. The van der Waals surface area contributed by atoms with E-state index in [2.05, 4.69) is 4.99 Å². The van der Waals surface area contributed by atoms with Crippen LogP contribution in [0, 0.1) is 5.92 Å². The molecule has 0 fully saturated rings. The van der Waals surface area contributed by atoms with Crippen LogP contribution in [0.4, 0.5) is 0 Å². The van der Waals surface area contributed by atoms with E-state index in [9.17, 15) is 14.7 Å². The number of esters is 1. The highest BCUT2D eigenvalue weighted by atomic mass is 16.6. The second-order valence-electron chi connectivity index (χ2n) is 6.88. The van der Waals surface area contributed by atoms with Gasteiger partial charge in [0.05, 0.1) is 14.2 Å². The van der Waals surface area contributed by atoms with Gasteiger partial charge in [0.25, 0.3) is 0 Å². The number of hydrogen-bond donors (Lipinski definition) is 1. The molecule has 0 aliphatic rings. The van der Waals surface area contributed by atoms with Gasteiger partial charge in [-0.15, -0.1) is 0 Å². The van der Waals surface area contributed by atoms with Gasteiger partial charge in [-0.3, -0.25) is 4.99 Å². The summed E-state index contributed by atoms with van der Waals surface area (Å²) in [7, 11) is 3.04. The van der Waals surface area contributed by atoms with Crippen molar-refractivity contribution < 1.29 is 28.9 Å². The Morgan fingerprint density at radius 2 is 1.71 bits per heavy atom. The largest absolute Gasteiger partial charge is 0.497 e. The Balaban J connectivity index is 2.09. The lowest BCUT2D eigenvalue weighted by Crippen LogP contribution is -2.25. The molecule has 0 aliphatic carbocycles. The fourth-order valence-corrected chi connectivity index (χ4v) is 2.71. The van der Waals surface area contributed by atoms with Crippen LogP contribution in [0.5, 0.6) is 17.2 Å². The molecule has 164 valence electrons. The third kappa shape index (κ3) is 6.99. The molecule has 31 heavy (non-hydrogen) atoms. The highest BCUT2D eigenvalue weighted by molar-refractivity contribution is 5.89. The Bertz CT molecular complexity index is 949. The van der Waals surface area contributed by atoms with Crippen molar-refractivity contribution in [2.45, 2.75) is 26.3 Å². The van der Waals surface area contributed by atoms with Gasteiger partial charge in [-0.1, -0.05) is 32.4 Å². The van der Waals surface area contributed by atoms with Crippen LogP contribution < -0.4 is 14.2 Å². The molecular weight excluding hydrogens is 398 g/mol. The number of methoxy groups -OCH3 is 2. The number of aliphatic carboxylic acids is 1. The van der Waals surface area contributed by atoms with Crippen molar-refractivity contribution in [1.82, 2.24) is 0 Å². The van der Waals surface area contributed by atoms with Crippen LogP contribution in [-0.4, -0.2) is 43.5 Å². The summed E-state index contributed by atoms with van der Waals surface area (Å²) in [5, 5.41) is 9.35. The van der Waals surface area contributed by atoms with Gasteiger partial charge in [0.1, 0.15) is 11.8 Å². The third-order valence-electron chi connectivity index (χ3n) is 4.75. The minimum atomic E-state index is -0.966. The van der Waals surface area contributed by atoms with Crippen molar-refractivity contribution in [3.05, 3.63) is 59.7 Å². The van der Waals surface area contributed by atoms with Gasteiger partial charge in [0.2, 0.25) is 0 Å². The zero-order chi connectivity index (χ0) is 22.8. The molecule has 0 bridgehead atoms. The van der Waals surface area contributed by atoms with E-state index in [-0.39, 0.29) is 11.7 Å². The average molecular weight is 425 g/mol. The highest BCUT2D eigenvalue weighted by Gasteiger charge is 2.21. The first-order valence-electron chi connectivity index (χ1n) is 9.85. The van der Waals surface area contributed by atoms with Crippen LogP contribution in [0.3, 0.4) is 0 Å². The summed E-state index contributed by atoms with van der Waals surface area (Å²) in [6, 6.07) is 11.3. The quantitative estimate of drug-likeness (QED) is 0.265. The van der Waals surface area contributed by atoms with E-state index < -0.39 is 18.0 Å². The van der Waals surface area contributed by atoms with E-state index in [1.807, 2.05) is 26.0 Å². The molecule has 0 heterocycles. The highest BCUT2D eigenvalue weighted by Crippen LogP contribution is 2.28. The molecule has 1 N–H and O–H groups in total. The molecule has 2 unspecified atom stereocenters. The van der Waals surface area contributed by atoms with Gasteiger partial charge in [-0.2, -0.15) is 0 Å². The molecule has 0 aromatic heterocycles. The van der Waals surface area contributed by atoms with E-state index in [0.717, 1.165) is 11.3 Å². The SMILES string of the molecule is CCC(C)C(N=Cc1ccc(OC(=O)/C=C/c2ccc(OC)cc2)c(OC)c1)C(=O)O. The topological polar surface area (TPSA) is 94.4 Å². The molecule has 7 heteroatoms. The molecular formula is C24H27NO6. The predicted molar refractivity (Wildman–Crippen MR) is 119 cm³/mol. The molecule has 0 aliphatic heterocycles. The molecule has 0 saturated carbocycles. The van der Waals surface area contributed by atoms with Crippen molar-refractivity contribution in [3.63, 3.8) is 0 Å². The molecule has 2 atom stereocenters. The summed E-state index contributed by atoms with van der Waals surface area (Å²) >= 11 is 0. The third-order valence-corrected chi connectivity index (χ3v) is 4.75. The van der Waals surface area contributed by atoms with Gasteiger partial charge in [0.15, 0.2) is 11.5 Å². The lowest BCUT2D eigenvalue weighted by molar-refractivity contribution is -0.139. The number of hydrogen-bond acceptors (Lipinski definition) is 6. The number of benzene rings is 2. The maximum atomic E-state index is 12.2. The van der Waals surface area contributed by atoms with Crippen LogP contribution in [-0.2, 0) is 9.59 Å². The number of ether oxygens (including phenoxy) is 3. The molecule has 2 aromatic carbocycles. The molecule has 0 radical (unpaired) electrons. The summed E-state index contributed by atoms with van der Waals surface area (Å²) in [5.41, 5.74) is 1.46. The number of carboxylic acids is 1. The zero-order valence-corrected chi connectivity index (χ0v) is 18.1. The van der Waals surface area contributed by atoms with Crippen molar-refractivity contribution in [2.75, 3.05) is 14.2 Å². The van der Waals surface area contributed by atoms with E-state index >= 15 is 0 Å². The minimum absolute atomic E-state index is 0.0895. The van der Waals surface area contributed by atoms with Crippen LogP contribution in [0.1, 0.15) is 31.4 Å². The number of aliphatic imine (C=N–C) groups is 1. The van der Waals surface area contributed by atoms with Gasteiger partial charge < -0.3 is 19.3 Å². The van der Waals surface area contributed by atoms with E-state index in [0.29, 0.717) is 17.7 Å². The van der Waals surface area contributed by atoms with Crippen LogP contribution >= 0.6 is 0 Å². The second kappa shape index (κ2) is 11.5. The molecule has 2 aromatic rings. The van der Waals surface area contributed by atoms with Crippen LogP contribution in [0.25, 0.3) is 6.08 Å². The lowest BCUT2D eigenvalue weighted by atomic mass is 10.00. The van der Waals surface area contributed by atoms with Crippen LogP contribution in [0.2, 0.25) is 0 Å². The predicted octanol–water partition coefficient (Wildman–Crippen LogP) is 4.24. The van der Waals surface area contributed by atoms with Crippen molar-refractivity contribution >= 4 is 24.2 Å². The molecule has 0 amide bonds. The number of nitrogens with zero attached hydrogens (tertiary/aromatic N) is 1. The van der Waals surface area contributed by atoms with E-state index in [1.54, 1.807) is 43.5 Å². The minimum Gasteiger partial charge on any atom is -0.497 e. The summed E-state index contributed by atoms with van der Waals surface area (Å²) < 4.78 is 15.8. The van der Waals surface area contributed by atoms with Gasteiger partial charge in [-0.05, 0) is 53.5 Å². The van der Waals surface area contributed by atoms with E-state index in [1.165, 1.54) is 19.4 Å². The molecule has 0 saturated heterocycles. The van der Waals surface area contributed by atoms with Crippen molar-refractivity contribution in [2.24, 2.45) is 10.9 Å². The van der Waals surface area contributed by atoms with Crippen LogP contribution in [0.15, 0.2) is 53.5 Å². The first kappa shape index (κ1) is 23.7. The Morgan fingerprint density at radius 3 is 2.29 bits per heavy atom. The smallest absolute Gasteiger partial charge is 0.336 e. The first-order chi connectivity index (χ1) is 14.9. The molecule has 2 rings (SSSR count). The second-order valence-corrected chi connectivity index (χ2v) is 6.88. The van der Waals surface area contributed by atoms with Crippen molar-refractivity contribution in [3.8, 4) is 17.2 Å². The normalized spacial score (nSPS) is 13.2. The Labute approximate surface area is 182 Å². The molecule has 0 spiro atoms. The fraction of sp³-hybridized carbons (Fsp3) is 0.292. The lowest BCUT2D eigenvalue weighted by Gasteiger charge is -2.14. The standard InChI is InChI=1S/C24H27NO6/c1-5-16(2)23(24(27)28)25-15-18-8-12-20(21(14-18)30-4)31-22(26)13-9-17-6-10-19(29-3)11-7-17/h6-16,23H,5H2,1-4H3,(H,27,28)/b13-9+,25-15?. The van der Waals surface area contributed by atoms with Gasteiger partial charge in [-0.25, -0.2) is 9.59 Å². The Hall–Kier alpha value is -3.61. The first-order valence-corrected chi connectivity index (χ1v) is 9.85. The number of carbonyl (C=O) groups excluding carboxylic acids is 1. The summed E-state index contributed by atoms with van der Waals surface area (Å²) in [6.07, 6.45) is 5.15. The summed E-state index contributed by atoms with van der Waals surface area (Å²) in [4.78, 5) is 27.8. The van der Waals surface area contributed by atoms with Gasteiger partial charge >= 0.3 is 11.9 Å². The molecule has 7 nitrogen and oxygen atoms in total. The zero-order valence-electron chi connectivity index (χ0n) is 18.1. The fourth-order valence-electron chi connectivity index (χ4n) is 2.71. The number of carbonyl (C=O) groups is 2. The van der Waals surface area contributed by atoms with Crippen molar-refractivity contribution in [1.29, 1.82) is 0 Å².